The van der Waals surface area contributed by atoms with Crippen molar-refractivity contribution < 1.29 is 17.7 Å². The van der Waals surface area contributed by atoms with Gasteiger partial charge in [0.1, 0.15) is 5.75 Å². The number of methoxy groups -OCH3 is 1. The molecule has 0 radical (unpaired) electrons. The van der Waals surface area contributed by atoms with Gasteiger partial charge in [-0.1, -0.05) is 50.2 Å². The van der Waals surface area contributed by atoms with Crippen LogP contribution in [-0.4, -0.2) is 25.7 Å². The number of rotatable bonds is 6. The van der Waals surface area contributed by atoms with E-state index in [1.807, 2.05) is 24.3 Å². The third kappa shape index (κ3) is 4.83. The molecule has 1 N–H and O–H groups in total. The van der Waals surface area contributed by atoms with Gasteiger partial charge < -0.3 is 9.26 Å². The van der Waals surface area contributed by atoms with E-state index in [4.69, 9.17) is 9.26 Å². The zero-order valence-corrected chi connectivity index (χ0v) is 17.9. The van der Waals surface area contributed by atoms with Crippen molar-refractivity contribution in [1.82, 2.24) is 14.9 Å². The van der Waals surface area contributed by atoms with Crippen molar-refractivity contribution in [3.05, 3.63) is 60.0 Å². The van der Waals surface area contributed by atoms with Crippen LogP contribution in [0.2, 0.25) is 0 Å². The van der Waals surface area contributed by atoms with Gasteiger partial charge in [0.05, 0.1) is 18.0 Å². The Bertz CT molecular complexity index is 1070. The van der Waals surface area contributed by atoms with Crippen molar-refractivity contribution in [2.75, 3.05) is 7.11 Å². The molecule has 1 heterocycles. The Hall–Kier alpha value is -2.71. The largest absolute Gasteiger partial charge is 0.497 e. The predicted molar refractivity (Wildman–Crippen MR) is 110 cm³/mol. The Morgan fingerprint density at radius 3 is 2.21 bits per heavy atom. The smallest absolute Gasteiger partial charge is 0.244 e. The minimum Gasteiger partial charge on any atom is -0.497 e. The van der Waals surface area contributed by atoms with E-state index < -0.39 is 16.1 Å². The Balaban J connectivity index is 1.75. The molecule has 1 unspecified atom stereocenters. The number of aromatic nitrogens is 2. The molecule has 0 aliphatic heterocycles. The fourth-order valence-corrected chi connectivity index (χ4v) is 3.95. The van der Waals surface area contributed by atoms with Gasteiger partial charge in [-0.05, 0) is 42.2 Å². The third-order valence-corrected chi connectivity index (χ3v) is 6.08. The van der Waals surface area contributed by atoms with Gasteiger partial charge in [-0.25, -0.2) is 8.42 Å². The van der Waals surface area contributed by atoms with Crippen LogP contribution in [0.4, 0.5) is 0 Å². The molecular formula is C21H25N3O4S. The number of sulfonamides is 1. The normalized spacial score (nSPS) is 13.3. The number of nitrogens with zero attached hydrogens (tertiary/aromatic N) is 2. The lowest BCUT2D eigenvalue weighted by Gasteiger charge is -2.18. The van der Waals surface area contributed by atoms with E-state index in [0.717, 1.165) is 5.56 Å². The highest BCUT2D eigenvalue weighted by Gasteiger charge is 2.23. The maximum absolute atomic E-state index is 12.6. The van der Waals surface area contributed by atoms with Crippen molar-refractivity contribution in [1.29, 1.82) is 0 Å². The van der Waals surface area contributed by atoms with Gasteiger partial charge >= 0.3 is 0 Å². The van der Waals surface area contributed by atoms with Crippen molar-refractivity contribution in [3.8, 4) is 17.1 Å². The first-order valence-corrected chi connectivity index (χ1v) is 10.7. The molecule has 1 aromatic heterocycles. The van der Waals surface area contributed by atoms with Crippen LogP contribution < -0.4 is 9.46 Å². The van der Waals surface area contributed by atoms with Crippen LogP contribution in [0.5, 0.6) is 5.75 Å². The van der Waals surface area contributed by atoms with E-state index >= 15 is 0 Å². The van der Waals surface area contributed by atoms with Crippen LogP contribution in [0.1, 0.15) is 45.2 Å². The first-order valence-electron chi connectivity index (χ1n) is 9.21. The second-order valence-electron chi connectivity index (χ2n) is 7.80. The molecule has 2 aromatic carbocycles. The van der Waals surface area contributed by atoms with Crippen LogP contribution >= 0.6 is 0 Å². The standard InChI is InChI=1S/C21H25N3O4S/c1-14(24-29(25,26)18-12-10-17(27-5)11-13-18)20-22-19(23-28-20)15-6-8-16(9-7-15)21(2,3)4/h6-14,24H,1-5H3. The number of hydrogen-bond acceptors (Lipinski definition) is 6. The molecule has 0 aliphatic carbocycles. The van der Waals surface area contributed by atoms with E-state index in [9.17, 15) is 8.42 Å². The number of benzene rings is 2. The maximum atomic E-state index is 12.6. The minimum absolute atomic E-state index is 0.0508. The summed E-state index contributed by atoms with van der Waals surface area (Å²) in [7, 11) is -2.22. The fourth-order valence-electron chi connectivity index (χ4n) is 2.75. The second kappa shape index (κ2) is 7.96. The van der Waals surface area contributed by atoms with Gasteiger partial charge in [-0.2, -0.15) is 9.71 Å². The summed E-state index contributed by atoms with van der Waals surface area (Å²) in [5, 5.41) is 3.99. The van der Waals surface area contributed by atoms with E-state index in [2.05, 4.69) is 35.6 Å². The van der Waals surface area contributed by atoms with Crippen LogP contribution in [0, 0.1) is 0 Å². The summed E-state index contributed by atoms with van der Waals surface area (Å²) in [5.74, 6) is 1.18. The van der Waals surface area contributed by atoms with Crippen LogP contribution in [0.15, 0.2) is 57.9 Å². The van der Waals surface area contributed by atoms with Crippen LogP contribution in [-0.2, 0) is 15.4 Å². The molecule has 0 saturated heterocycles. The summed E-state index contributed by atoms with van der Waals surface area (Å²) in [6.45, 7) is 8.09. The van der Waals surface area contributed by atoms with Crippen molar-refractivity contribution in [2.24, 2.45) is 0 Å². The molecule has 3 aromatic rings. The number of nitrogens with one attached hydrogen (secondary N) is 1. The maximum Gasteiger partial charge on any atom is 0.244 e. The molecule has 29 heavy (non-hydrogen) atoms. The molecule has 1 atom stereocenters. The monoisotopic (exact) mass is 415 g/mol. The Kier molecular flexibility index (Phi) is 5.77. The molecule has 7 nitrogen and oxygen atoms in total. The highest BCUT2D eigenvalue weighted by atomic mass is 32.2. The summed E-state index contributed by atoms with van der Waals surface area (Å²) in [4.78, 5) is 4.48. The molecule has 0 spiro atoms. The molecule has 154 valence electrons. The second-order valence-corrected chi connectivity index (χ2v) is 9.52. The van der Waals surface area contributed by atoms with Gasteiger partial charge in [-0.15, -0.1) is 0 Å². The van der Waals surface area contributed by atoms with Crippen LogP contribution in [0.3, 0.4) is 0 Å². The lowest BCUT2D eigenvalue weighted by molar-refractivity contribution is 0.354. The van der Waals surface area contributed by atoms with E-state index in [-0.39, 0.29) is 16.2 Å². The van der Waals surface area contributed by atoms with E-state index in [1.165, 1.54) is 24.8 Å². The van der Waals surface area contributed by atoms with Gasteiger partial charge in [0.25, 0.3) is 0 Å². The molecule has 0 amide bonds. The molecule has 0 saturated carbocycles. The predicted octanol–water partition coefficient (Wildman–Crippen LogP) is 4.08. The zero-order valence-electron chi connectivity index (χ0n) is 17.1. The van der Waals surface area contributed by atoms with Crippen LogP contribution in [0.25, 0.3) is 11.4 Å². The number of ether oxygens (including phenoxy) is 1. The highest BCUT2D eigenvalue weighted by Crippen LogP contribution is 2.26. The summed E-state index contributed by atoms with van der Waals surface area (Å²) in [5.41, 5.74) is 2.05. The lowest BCUT2D eigenvalue weighted by atomic mass is 9.87. The Morgan fingerprint density at radius 2 is 1.66 bits per heavy atom. The van der Waals surface area contributed by atoms with Gasteiger partial charge in [0, 0.05) is 5.56 Å². The summed E-state index contributed by atoms with van der Waals surface area (Å²) in [6, 6.07) is 13.4. The average molecular weight is 416 g/mol. The number of hydrogen-bond donors (Lipinski definition) is 1. The Labute approximate surface area is 171 Å². The molecule has 3 rings (SSSR count). The Morgan fingerprint density at radius 1 is 1.03 bits per heavy atom. The summed E-state index contributed by atoms with van der Waals surface area (Å²) >= 11 is 0. The SMILES string of the molecule is COc1ccc(S(=O)(=O)NC(C)c2nc(-c3ccc(C(C)(C)C)cc3)no2)cc1. The molecule has 8 heteroatoms. The van der Waals surface area contributed by atoms with Crippen molar-refractivity contribution in [2.45, 2.75) is 44.0 Å². The minimum atomic E-state index is -3.74. The highest BCUT2D eigenvalue weighted by molar-refractivity contribution is 7.89. The quantitative estimate of drug-likeness (QED) is 0.652. The first-order chi connectivity index (χ1) is 13.6. The zero-order chi connectivity index (χ0) is 21.2. The van der Waals surface area contributed by atoms with Gasteiger partial charge in [-0.3, -0.25) is 0 Å². The molecule has 0 fully saturated rings. The van der Waals surface area contributed by atoms with Crippen molar-refractivity contribution in [3.63, 3.8) is 0 Å². The first kappa shape index (κ1) is 21.0. The molecule has 0 bridgehead atoms. The van der Waals surface area contributed by atoms with Gasteiger partial charge in [0.2, 0.25) is 21.7 Å². The topological polar surface area (TPSA) is 94.3 Å². The lowest BCUT2D eigenvalue weighted by Crippen LogP contribution is -2.27. The molecule has 0 aliphatic rings. The average Bonchev–Trinajstić information content (AvgIpc) is 3.17. The van der Waals surface area contributed by atoms with Crippen molar-refractivity contribution >= 4 is 10.0 Å². The van der Waals surface area contributed by atoms with E-state index in [0.29, 0.717) is 11.6 Å². The molecular weight excluding hydrogens is 390 g/mol. The van der Waals surface area contributed by atoms with Gasteiger partial charge in [0.15, 0.2) is 0 Å². The summed E-state index contributed by atoms with van der Waals surface area (Å²) in [6.07, 6.45) is 0. The third-order valence-electron chi connectivity index (χ3n) is 4.52. The van der Waals surface area contributed by atoms with E-state index in [1.54, 1.807) is 19.1 Å². The summed E-state index contributed by atoms with van der Waals surface area (Å²) < 4.78 is 38.1. The fraction of sp³-hybridized carbons (Fsp3) is 0.333.